The predicted octanol–water partition coefficient (Wildman–Crippen LogP) is 3.70. The number of aromatic nitrogens is 1. The van der Waals surface area contributed by atoms with Crippen molar-refractivity contribution in [1.82, 2.24) is 9.88 Å². The molecule has 0 atom stereocenters. The average molecular weight is 328 g/mol. The van der Waals surface area contributed by atoms with E-state index in [4.69, 9.17) is 5.73 Å². The Hall–Kier alpha value is -0.750. The Labute approximate surface area is 135 Å². The monoisotopic (exact) mass is 327 g/mol. The minimum Gasteiger partial charge on any atom is -0.375 e. The van der Waals surface area contributed by atoms with Gasteiger partial charge in [0.05, 0.1) is 15.7 Å². The standard InChI is InChI=1S/C15H25N3OS2/c1-10(2)18(12-7-5-4-6-8-12)13(19)9-20-14-11(3)17-15(16)21-14/h10,12H,4-9H2,1-3H3,(H2,16,17). The van der Waals surface area contributed by atoms with Crippen LogP contribution in [0.3, 0.4) is 0 Å². The van der Waals surface area contributed by atoms with Crippen LogP contribution in [0, 0.1) is 6.92 Å². The van der Waals surface area contributed by atoms with Crippen molar-refractivity contribution in [3.05, 3.63) is 5.69 Å². The maximum atomic E-state index is 12.6. The maximum absolute atomic E-state index is 12.6. The lowest BCUT2D eigenvalue weighted by Gasteiger charge is -2.37. The minimum absolute atomic E-state index is 0.244. The molecule has 0 spiro atoms. The topological polar surface area (TPSA) is 59.2 Å². The maximum Gasteiger partial charge on any atom is 0.233 e. The van der Waals surface area contributed by atoms with Crippen molar-refractivity contribution in [3.63, 3.8) is 0 Å². The lowest BCUT2D eigenvalue weighted by molar-refractivity contribution is -0.133. The molecule has 2 N–H and O–H groups in total. The number of rotatable bonds is 5. The van der Waals surface area contributed by atoms with E-state index in [0.29, 0.717) is 16.9 Å². The Morgan fingerprint density at radius 1 is 1.43 bits per heavy atom. The van der Waals surface area contributed by atoms with E-state index in [-0.39, 0.29) is 11.9 Å². The van der Waals surface area contributed by atoms with E-state index in [1.54, 1.807) is 11.8 Å². The third kappa shape index (κ3) is 4.36. The van der Waals surface area contributed by atoms with Gasteiger partial charge in [-0.1, -0.05) is 30.6 Å². The minimum atomic E-state index is 0.244. The van der Waals surface area contributed by atoms with Gasteiger partial charge < -0.3 is 10.6 Å². The molecule has 1 aliphatic rings. The molecule has 1 fully saturated rings. The number of hydrogen-bond donors (Lipinski definition) is 1. The molecule has 1 saturated carbocycles. The van der Waals surface area contributed by atoms with Crippen LogP contribution in [0.5, 0.6) is 0 Å². The zero-order chi connectivity index (χ0) is 15.4. The van der Waals surface area contributed by atoms with Crippen LogP contribution in [0.4, 0.5) is 5.13 Å². The summed E-state index contributed by atoms with van der Waals surface area (Å²) in [6.07, 6.45) is 6.12. The van der Waals surface area contributed by atoms with Crippen LogP contribution in [0.1, 0.15) is 51.6 Å². The van der Waals surface area contributed by atoms with Crippen molar-refractivity contribution in [2.75, 3.05) is 11.5 Å². The molecule has 21 heavy (non-hydrogen) atoms. The molecule has 0 radical (unpaired) electrons. The van der Waals surface area contributed by atoms with Gasteiger partial charge in [-0.15, -0.1) is 11.8 Å². The smallest absolute Gasteiger partial charge is 0.233 e. The number of aryl methyl sites for hydroxylation is 1. The number of carbonyl (C=O) groups excluding carboxylic acids is 1. The van der Waals surface area contributed by atoms with Gasteiger partial charge in [-0.3, -0.25) is 4.79 Å². The highest BCUT2D eigenvalue weighted by molar-refractivity contribution is 8.01. The highest BCUT2D eigenvalue weighted by atomic mass is 32.2. The number of thioether (sulfide) groups is 1. The zero-order valence-corrected chi connectivity index (χ0v) is 14.7. The molecule has 1 amide bonds. The number of nitrogens with zero attached hydrogens (tertiary/aromatic N) is 2. The van der Waals surface area contributed by atoms with E-state index in [1.807, 2.05) is 6.92 Å². The van der Waals surface area contributed by atoms with Crippen molar-refractivity contribution in [2.24, 2.45) is 0 Å². The van der Waals surface area contributed by atoms with Gasteiger partial charge in [0.2, 0.25) is 5.91 Å². The van der Waals surface area contributed by atoms with Crippen molar-refractivity contribution in [2.45, 2.75) is 69.2 Å². The molecule has 0 aromatic carbocycles. The Kier molecular flexibility index (Phi) is 5.93. The number of carbonyl (C=O) groups is 1. The lowest BCUT2D eigenvalue weighted by Crippen LogP contribution is -2.46. The first-order valence-corrected chi connectivity index (χ1v) is 9.46. The molecule has 1 aromatic heterocycles. The molecule has 4 nitrogen and oxygen atoms in total. The third-order valence-corrected chi connectivity index (χ3v) is 6.24. The molecule has 1 heterocycles. The molecule has 2 rings (SSSR count). The normalized spacial score (nSPS) is 16.4. The van der Waals surface area contributed by atoms with E-state index < -0.39 is 0 Å². The fourth-order valence-corrected chi connectivity index (χ4v) is 4.90. The molecule has 1 aliphatic carbocycles. The van der Waals surface area contributed by atoms with Crippen LogP contribution in [0.15, 0.2) is 4.21 Å². The highest BCUT2D eigenvalue weighted by Crippen LogP contribution is 2.31. The largest absolute Gasteiger partial charge is 0.375 e. The predicted molar refractivity (Wildman–Crippen MR) is 90.8 cm³/mol. The number of thiazole rings is 1. The summed E-state index contributed by atoms with van der Waals surface area (Å²) in [5, 5.41) is 0.579. The fraction of sp³-hybridized carbons (Fsp3) is 0.733. The number of nitrogens with two attached hydrogens (primary N) is 1. The second kappa shape index (κ2) is 7.49. The van der Waals surface area contributed by atoms with Crippen LogP contribution in [-0.2, 0) is 4.79 Å². The second-order valence-corrected chi connectivity index (χ2v) is 8.17. The lowest BCUT2D eigenvalue weighted by atomic mass is 9.93. The van der Waals surface area contributed by atoms with Crippen LogP contribution in [0.25, 0.3) is 0 Å². The number of hydrogen-bond acceptors (Lipinski definition) is 5. The molecule has 0 aliphatic heterocycles. The molecule has 118 valence electrons. The molecule has 0 unspecified atom stereocenters. The Bertz CT molecular complexity index is 481. The van der Waals surface area contributed by atoms with Gasteiger partial charge in [-0.05, 0) is 33.6 Å². The summed E-state index contributed by atoms with van der Waals surface area (Å²) in [7, 11) is 0. The Balaban J connectivity index is 1.96. The summed E-state index contributed by atoms with van der Waals surface area (Å²) in [6, 6.07) is 0.702. The van der Waals surface area contributed by atoms with Crippen molar-refractivity contribution >= 4 is 34.1 Å². The summed E-state index contributed by atoms with van der Waals surface area (Å²) < 4.78 is 1.06. The fourth-order valence-electron chi connectivity index (χ4n) is 3.01. The van der Waals surface area contributed by atoms with Crippen molar-refractivity contribution < 1.29 is 4.79 Å². The molecule has 0 bridgehead atoms. The summed E-state index contributed by atoms with van der Waals surface area (Å²) in [5.74, 6) is 0.727. The summed E-state index contributed by atoms with van der Waals surface area (Å²) in [4.78, 5) is 18.9. The van der Waals surface area contributed by atoms with E-state index in [0.717, 1.165) is 22.7 Å². The molecule has 1 aromatic rings. The zero-order valence-electron chi connectivity index (χ0n) is 13.1. The second-order valence-electron chi connectivity index (χ2n) is 5.90. The SMILES string of the molecule is Cc1nc(N)sc1SCC(=O)N(C(C)C)C1CCCCC1. The first-order valence-electron chi connectivity index (χ1n) is 7.66. The van der Waals surface area contributed by atoms with E-state index in [2.05, 4.69) is 23.7 Å². The van der Waals surface area contributed by atoms with Gasteiger partial charge in [-0.2, -0.15) is 0 Å². The average Bonchev–Trinajstić information content (AvgIpc) is 2.75. The van der Waals surface area contributed by atoms with Crippen LogP contribution < -0.4 is 5.73 Å². The van der Waals surface area contributed by atoms with Crippen molar-refractivity contribution in [3.8, 4) is 0 Å². The summed E-state index contributed by atoms with van der Waals surface area (Å²) in [5.41, 5.74) is 6.64. The first-order chi connectivity index (χ1) is 9.99. The van der Waals surface area contributed by atoms with Crippen LogP contribution >= 0.6 is 23.1 Å². The Morgan fingerprint density at radius 2 is 2.10 bits per heavy atom. The third-order valence-electron chi connectivity index (χ3n) is 3.91. The number of anilines is 1. The number of amides is 1. The van der Waals surface area contributed by atoms with Crippen LogP contribution in [-0.4, -0.2) is 33.6 Å². The Morgan fingerprint density at radius 3 is 2.62 bits per heavy atom. The number of nitrogen functional groups attached to an aromatic ring is 1. The van der Waals surface area contributed by atoms with Gasteiger partial charge in [-0.25, -0.2) is 4.98 Å². The quantitative estimate of drug-likeness (QED) is 0.838. The summed E-state index contributed by atoms with van der Waals surface area (Å²) in [6.45, 7) is 6.18. The van der Waals surface area contributed by atoms with E-state index in [9.17, 15) is 4.79 Å². The van der Waals surface area contributed by atoms with Crippen molar-refractivity contribution in [1.29, 1.82) is 0 Å². The van der Waals surface area contributed by atoms with Gasteiger partial charge in [0.1, 0.15) is 0 Å². The molecule has 0 saturated heterocycles. The van der Waals surface area contributed by atoms with E-state index in [1.165, 1.54) is 30.6 Å². The van der Waals surface area contributed by atoms with Gasteiger partial charge in [0, 0.05) is 12.1 Å². The van der Waals surface area contributed by atoms with Gasteiger partial charge >= 0.3 is 0 Å². The molecule has 6 heteroatoms. The molecular formula is C15H25N3OS2. The van der Waals surface area contributed by atoms with Crippen LogP contribution in [0.2, 0.25) is 0 Å². The highest BCUT2D eigenvalue weighted by Gasteiger charge is 2.27. The first kappa shape index (κ1) is 16.6. The van der Waals surface area contributed by atoms with Gasteiger partial charge in [0.25, 0.3) is 0 Å². The summed E-state index contributed by atoms with van der Waals surface area (Å²) >= 11 is 3.04. The van der Waals surface area contributed by atoms with E-state index >= 15 is 0 Å². The van der Waals surface area contributed by atoms with Gasteiger partial charge in [0.15, 0.2) is 5.13 Å². The molecular weight excluding hydrogens is 302 g/mol.